The highest BCUT2D eigenvalue weighted by Gasteiger charge is 2.32. The standard InChI is InChI=1S/C24H31FN2O5S/c1-4-31-22-11-6-19(16-23(22)32-5-2)17(3)26-24(28)18-12-14-27(15-13-18)33(29,30)21-9-7-20(25)8-10-21/h6-11,16-18H,4-5,12-15H2,1-3H3,(H,26,28). The fourth-order valence-electron chi connectivity index (χ4n) is 3.87. The van der Waals surface area contributed by atoms with E-state index in [4.69, 9.17) is 9.47 Å². The number of hydrogen-bond acceptors (Lipinski definition) is 5. The second-order valence-corrected chi connectivity index (χ2v) is 9.87. The van der Waals surface area contributed by atoms with Crippen molar-refractivity contribution in [1.29, 1.82) is 0 Å². The van der Waals surface area contributed by atoms with Crippen molar-refractivity contribution in [3.63, 3.8) is 0 Å². The zero-order chi connectivity index (χ0) is 24.0. The highest BCUT2D eigenvalue weighted by Crippen LogP contribution is 2.31. The highest BCUT2D eigenvalue weighted by atomic mass is 32.2. The third kappa shape index (κ3) is 6.03. The first kappa shape index (κ1) is 25.0. The normalized spacial score (nSPS) is 16.2. The number of hydrogen-bond donors (Lipinski definition) is 1. The Morgan fingerprint density at radius 3 is 2.27 bits per heavy atom. The number of rotatable bonds is 9. The molecule has 0 bridgehead atoms. The van der Waals surface area contributed by atoms with Crippen LogP contribution in [-0.4, -0.2) is 44.9 Å². The predicted molar refractivity (Wildman–Crippen MR) is 123 cm³/mol. The van der Waals surface area contributed by atoms with Crippen molar-refractivity contribution in [1.82, 2.24) is 9.62 Å². The van der Waals surface area contributed by atoms with Crippen LogP contribution in [0.15, 0.2) is 47.4 Å². The minimum Gasteiger partial charge on any atom is -0.490 e. The summed E-state index contributed by atoms with van der Waals surface area (Å²) in [6.45, 7) is 7.22. The van der Waals surface area contributed by atoms with E-state index in [-0.39, 0.29) is 35.9 Å². The van der Waals surface area contributed by atoms with Gasteiger partial charge in [-0.2, -0.15) is 4.31 Å². The Morgan fingerprint density at radius 2 is 1.67 bits per heavy atom. The molecule has 1 N–H and O–H groups in total. The smallest absolute Gasteiger partial charge is 0.243 e. The molecule has 1 aliphatic rings. The number of halogens is 1. The summed E-state index contributed by atoms with van der Waals surface area (Å²) in [4.78, 5) is 12.9. The summed E-state index contributed by atoms with van der Waals surface area (Å²) in [5, 5.41) is 3.03. The lowest BCUT2D eigenvalue weighted by atomic mass is 9.96. The van der Waals surface area contributed by atoms with E-state index in [1.54, 1.807) is 0 Å². The molecule has 1 fully saturated rings. The van der Waals surface area contributed by atoms with Gasteiger partial charge >= 0.3 is 0 Å². The van der Waals surface area contributed by atoms with Crippen LogP contribution in [0.5, 0.6) is 11.5 Å². The second-order valence-electron chi connectivity index (χ2n) is 7.93. The summed E-state index contributed by atoms with van der Waals surface area (Å²) in [7, 11) is -3.70. The van der Waals surface area contributed by atoms with E-state index in [0.29, 0.717) is 37.6 Å². The molecular formula is C24H31FN2O5S. The molecule has 0 saturated carbocycles. The first-order valence-corrected chi connectivity index (χ1v) is 12.7. The van der Waals surface area contributed by atoms with Gasteiger partial charge in [-0.3, -0.25) is 4.79 Å². The maximum atomic E-state index is 13.1. The van der Waals surface area contributed by atoms with Crippen LogP contribution in [0.2, 0.25) is 0 Å². The number of nitrogens with zero attached hydrogens (tertiary/aromatic N) is 1. The number of piperidine rings is 1. The average Bonchev–Trinajstić information content (AvgIpc) is 2.81. The van der Waals surface area contributed by atoms with Crippen molar-refractivity contribution in [2.45, 2.75) is 44.6 Å². The molecule has 1 unspecified atom stereocenters. The third-order valence-corrected chi connectivity index (χ3v) is 7.62. The van der Waals surface area contributed by atoms with E-state index in [0.717, 1.165) is 17.7 Å². The summed E-state index contributed by atoms with van der Waals surface area (Å²) in [5.74, 6) is 0.433. The Balaban J connectivity index is 1.60. The van der Waals surface area contributed by atoms with Crippen molar-refractivity contribution in [2.24, 2.45) is 5.92 Å². The molecule has 2 aromatic carbocycles. The lowest BCUT2D eigenvalue weighted by molar-refractivity contribution is -0.126. The Morgan fingerprint density at radius 1 is 1.06 bits per heavy atom. The molecule has 1 atom stereocenters. The Labute approximate surface area is 194 Å². The molecule has 1 amide bonds. The number of carbonyl (C=O) groups excluding carboxylic acids is 1. The molecule has 1 aliphatic heterocycles. The van der Waals surface area contributed by atoms with Gasteiger partial charge in [-0.15, -0.1) is 0 Å². The largest absolute Gasteiger partial charge is 0.490 e. The number of amides is 1. The van der Waals surface area contributed by atoms with Crippen LogP contribution in [-0.2, 0) is 14.8 Å². The SMILES string of the molecule is CCOc1ccc(C(C)NC(=O)C2CCN(S(=O)(=O)c3ccc(F)cc3)CC2)cc1OCC. The molecule has 0 radical (unpaired) electrons. The summed E-state index contributed by atoms with van der Waals surface area (Å²) in [5.41, 5.74) is 0.895. The maximum absolute atomic E-state index is 13.1. The van der Waals surface area contributed by atoms with Gasteiger partial charge in [-0.1, -0.05) is 6.07 Å². The molecule has 0 aromatic heterocycles. The van der Waals surface area contributed by atoms with Gasteiger partial charge in [0.2, 0.25) is 15.9 Å². The second kappa shape index (κ2) is 11.0. The Kier molecular flexibility index (Phi) is 8.31. The number of ether oxygens (including phenoxy) is 2. The summed E-state index contributed by atoms with van der Waals surface area (Å²) in [6.07, 6.45) is 0.846. The van der Waals surface area contributed by atoms with E-state index in [1.165, 1.54) is 16.4 Å². The van der Waals surface area contributed by atoms with Crippen molar-refractivity contribution >= 4 is 15.9 Å². The van der Waals surface area contributed by atoms with Gasteiger partial charge in [0.15, 0.2) is 11.5 Å². The summed E-state index contributed by atoms with van der Waals surface area (Å²) in [6, 6.07) is 10.2. The van der Waals surface area contributed by atoms with Crippen molar-refractivity contribution in [3.05, 3.63) is 53.8 Å². The molecule has 3 rings (SSSR count). The molecule has 7 nitrogen and oxygen atoms in total. The average molecular weight is 479 g/mol. The van der Waals surface area contributed by atoms with E-state index >= 15 is 0 Å². The van der Waals surface area contributed by atoms with Crippen LogP contribution >= 0.6 is 0 Å². The number of benzene rings is 2. The van der Waals surface area contributed by atoms with Gasteiger partial charge in [-0.25, -0.2) is 12.8 Å². The first-order chi connectivity index (χ1) is 15.8. The maximum Gasteiger partial charge on any atom is 0.243 e. The van der Waals surface area contributed by atoms with Crippen molar-refractivity contribution in [2.75, 3.05) is 26.3 Å². The fourth-order valence-corrected chi connectivity index (χ4v) is 5.34. The molecule has 0 spiro atoms. The monoisotopic (exact) mass is 478 g/mol. The van der Waals surface area contributed by atoms with Gasteiger partial charge in [0.25, 0.3) is 0 Å². The minimum atomic E-state index is -3.70. The Hall–Kier alpha value is -2.65. The Bertz CT molecular complexity index is 1050. The zero-order valence-electron chi connectivity index (χ0n) is 19.2. The van der Waals surface area contributed by atoms with Gasteiger partial charge in [0.05, 0.1) is 24.2 Å². The van der Waals surface area contributed by atoms with Crippen LogP contribution < -0.4 is 14.8 Å². The number of nitrogens with one attached hydrogen (secondary N) is 1. The molecule has 180 valence electrons. The molecule has 1 heterocycles. The quantitative estimate of drug-likeness (QED) is 0.591. The molecule has 9 heteroatoms. The lowest BCUT2D eigenvalue weighted by Crippen LogP contribution is -2.43. The van der Waals surface area contributed by atoms with Gasteiger partial charge in [0.1, 0.15) is 5.82 Å². The van der Waals surface area contributed by atoms with Gasteiger partial charge in [-0.05, 0) is 75.6 Å². The van der Waals surface area contributed by atoms with Crippen molar-refractivity contribution in [3.8, 4) is 11.5 Å². The topological polar surface area (TPSA) is 84.9 Å². The molecule has 0 aliphatic carbocycles. The highest BCUT2D eigenvalue weighted by molar-refractivity contribution is 7.89. The number of sulfonamides is 1. The predicted octanol–water partition coefficient (Wildman–Crippen LogP) is 3.90. The molecule has 2 aromatic rings. The van der Waals surface area contributed by atoms with Crippen LogP contribution in [0, 0.1) is 11.7 Å². The van der Waals surface area contributed by atoms with Crippen LogP contribution in [0.1, 0.15) is 45.2 Å². The fraction of sp³-hybridized carbons (Fsp3) is 0.458. The lowest BCUT2D eigenvalue weighted by Gasteiger charge is -2.31. The van der Waals surface area contributed by atoms with E-state index in [2.05, 4.69) is 5.32 Å². The summed E-state index contributed by atoms with van der Waals surface area (Å²) >= 11 is 0. The van der Waals surface area contributed by atoms with Crippen LogP contribution in [0.3, 0.4) is 0 Å². The minimum absolute atomic E-state index is 0.0565. The molecule has 1 saturated heterocycles. The van der Waals surface area contributed by atoms with E-state index in [9.17, 15) is 17.6 Å². The van der Waals surface area contributed by atoms with E-state index < -0.39 is 15.8 Å². The van der Waals surface area contributed by atoms with Crippen LogP contribution in [0.25, 0.3) is 0 Å². The van der Waals surface area contributed by atoms with Gasteiger partial charge < -0.3 is 14.8 Å². The van der Waals surface area contributed by atoms with E-state index in [1.807, 2.05) is 39.0 Å². The molecule has 33 heavy (non-hydrogen) atoms. The van der Waals surface area contributed by atoms with Crippen LogP contribution in [0.4, 0.5) is 4.39 Å². The third-order valence-electron chi connectivity index (χ3n) is 5.70. The summed E-state index contributed by atoms with van der Waals surface area (Å²) < 4.78 is 51.3. The van der Waals surface area contributed by atoms with Crippen molar-refractivity contribution < 1.29 is 27.1 Å². The zero-order valence-corrected chi connectivity index (χ0v) is 20.0. The first-order valence-electron chi connectivity index (χ1n) is 11.2. The molecular weight excluding hydrogens is 447 g/mol. The van der Waals surface area contributed by atoms with Gasteiger partial charge in [0, 0.05) is 19.0 Å². The number of carbonyl (C=O) groups is 1.